The number of hydrogen-bond acceptors (Lipinski definition) is 14. The maximum atomic E-state index is 4.23. The van der Waals surface area contributed by atoms with Gasteiger partial charge in [-0.2, -0.15) is 0 Å². The molecule has 0 bridgehead atoms. The van der Waals surface area contributed by atoms with Gasteiger partial charge in [0, 0.05) is 207 Å². The van der Waals surface area contributed by atoms with Gasteiger partial charge in [0.15, 0.2) is 0 Å². The predicted molar refractivity (Wildman–Crippen MR) is 493 cm³/mol. The van der Waals surface area contributed by atoms with Crippen LogP contribution in [-0.2, 0) is 0 Å². The van der Waals surface area contributed by atoms with Crippen molar-refractivity contribution >= 4 is 0 Å². The molecule has 0 radical (unpaired) electrons. The minimum absolute atomic E-state index is 1.01. The second-order valence-corrected chi connectivity index (χ2v) is 35.0. The van der Waals surface area contributed by atoms with E-state index in [2.05, 4.69) is 160 Å². The third kappa shape index (κ3) is 73.9. The maximum absolute atomic E-state index is 4.23. The van der Waals surface area contributed by atoms with Crippen molar-refractivity contribution in [3.8, 4) is 0 Å². The molecule has 0 saturated heterocycles. The van der Waals surface area contributed by atoms with Gasteiger partial charge in [0.05, 0.1) is 105 Å². The molecule has 0 heterocycles. The number of nitrogens with zero attached hydrogens (tertiary/aromatic N) is 14. The van der Waals surface area contributed by atoms with Crippen molar-refractivity contribution in [3.05, 3.63) is 0 Å². The van der Waals surface area contributed by atoms with E-state index in [0.717, 1.165) is 209 Å². The van der Waals surface area contributed by atoms with Crippen molar-refractivity contribution in [2.24, 2.45) is 0 Å². The third-order valence-electron chi connectivity index (χ3n) is 24.2. The van der Waals surface area contributed by atoms with Gasteiger partial charge >= 0.3 is 0 Å². The molecule has 0 rings (SSSR count). The molecule has 0 fully saturated rings. The van der Waals surface area contributed by atoms with Crippen molar-refractivity contribution in [2.75, 3.05) is 380 Å². The highest BCUT2D eigenvalue weighted by atomic mass is 15.2. The average Bonchev–Trinajstić information content (AvgIpc) is 0.909. The number of rotatable bonds is 101. The topological polar surface area (TPSA) is 488 Å². The van der Waals surface area contributed by atoms with Crippen LogP contribution in [-0.4, -0.2) is 448 Å². The Morgan fingerprint density at radius 2 is 0.119 bits per heavy atom. The summed E-state index contributed by atoms with van der Waals surface area (Å²) in [5, 5.41) is 0. The fourth-order valence-electron chi connectivity index (χ4n) is 16.9. The van der Waals surface area contributed by atoms with Crippen LogP contribution in [0, 0.1) is 0 Å². The molecule has 0 saturated carbocycles. The number of hydrogen-bond donors (Lipinski definition) is 16. The van der Waals surface area contributed by atoms with Gasteiger partial charge in [-0.15, -0.1) is 0 Å². The molecule has 0 amide bonds. The summed E-state index contributed by atoms with van der Waals surface area (Å²) in [5.41, 5.74) is 67.7. The van der Waals surface area contributed by atoms with E-state index in [4.69, 9.17) is 0 Å². The van der Waals surface area contributed by atoms with E-state index < -0.39 is 0 Å². The first-order valence-corrected chi connectivity index (χ1v) is 50.8. The summed E-state index contributed by atoms with van der Waals surface area (Å²) in [7, 11) is 0. The normalized spacial score (nSPS) is 12.6. The van der Waals surface area contributed by atoms with Gasteiger partial charge in [-0.05, 0) is 260 Å². The summed E-state index contributed by atoms with van der Waals surface area (Å²) >= 11 is 0. The fourth-order valence-corrected chi connectivity index (χ4v) is 16.9. The van der Waals surface area contributed by atoms with E-state index in [1.54, 1.807) is 0 Å². The van der Waals surface area contributed by atoms with Crippen molar-refractivity contribution in [2.45, 2.75) is 193 Å². The minimum atomic E-state index is 1.01. The lowest BCUT2D eigenvalue weighted by atomic mass is 10.2. The van der Waals surface area contributed by atoms with Gasteiger partial charge in [-0.25, -0.2) is 0 Å². The molecule has 118 heavy (non-hydrogen) atoms. The van der Waals surface area contributed by atoms with E-state index in [1.807, 2.05) is 0 Å². The largest absolute Gasteiger partial charge is 0.358 e. The zero-order chi connectivity index (χ0) is 86.3. The Labute approximate surface area is 729 Å². The second-order valence-electron chi connectivity index (χ2n) is 35.0. The van der Waals surface area contributed by atoms with Crippen LogP contribution >= 0.6 is 0 Å². The highest BCUT2D eigenvalue weighted by Crippen LogP contribution is 2.13. The van der Waals surface area contributed by atoms with Crippen LogP contribution in [0.15, 0.2) is 0 Å². The summed E-state index contributed by atoms with van der Waals surface area (Å²) < 4.78 is 0. The Hall–Kier alpha value is -1.20. The summed E-state index contributed by atoms with van der Waals surface area (Å²) in [6.45, 7) is 65.1. The standard InChI is InChI=1S/C88H208N30/c89-31-3-49-107(50-4-32-90)69-23-81-115(82-24-70-108(51-5-33-91)52-6-34-92)77-19-65-105(66-20-78-116(83-25-71-109(53-7-35-93)54-8-36-94)84-26-72-110(55-9-37-95)56-10-38-96)47-1-2-48-106(67-21-79-117(85-27-73-111(57-11-39-97)58-12-40-98)86-28-74-112(59-13-41-99)60-14-42-100)68-22-80-118(87-29-75-113(61-15-43-101)62-16-44-102)88-30-76-114(63-17-45-103)64-18-46-104/h1-104H2/p+16. The third-order valence-corrected chi connectivity index (χ3v) is 24.2. The number of unbranched alkanes of at least 4 members (excludes halogenated alkanes) is 1. The molecule has 0 aromatic carbocycles. The van der Waals surface area contributed by atoms with Crippen LogP contribution < -0.4 is 91.7 Å². The molecule has 0 aromatic rings. The van der Waals surface area contributed by atoms with Crippen LogP contribution in [0.3, 0.4) is 0 Å². The van der Waals surface area contributed by atoms with Crippen LogP contribution in [0.25, 0.3) is 0 Å². The summed E-state index contributed by atoms with van der Waals surface area (Å²) in [4.78, 5) is 39.2. The first-order chi connectivity index (χ1) is 58.0. The molecule has 0 aromatic heterocycles. The van der Waals surface area contributed by atoms with E-state index in [1.165, 1.54) is 363 Å². The second kappa shape index (κ2) is 92.0. The van der Waals surface area contributed by atoms with Crippen LogP contribution in [0.4, 0.5) is 0 Å². The predicted octanol–water partition coefficient (Wildman–Crippen LogP) is -11.2. The lowest BCUT2D eigenvalue weighted by Gasteiger charge is -2.30. The quantitative estimate of drug-likeness (QED) is 0.0252. The molecule has 0 aliphatic carbocycles. The molecular weight excluding hydrogens is 1480 g/mol. The summed E-state index contributed by atoms with van der Waals surface area (Å²) in [6.07, 6.45) is 36.0. The molecule has 30 nitrogen and oxygen atoms in total. The van der Waals surface area contributed by atoms with Gasteiger partial charge in [-0.1, -0.05) is 0 Å². The Balaban J connectivity index is 7.74. The zero-order valence-corrected chi connectivity index (χ0v) is 79.8. The molecule has 710 valence electrons. The van der Waals surface area contributed by atoms with Crippen molar-refractivity contribution in [1.29, 1.82) is 0 Å². The van der Waals surface area contributed by atoms with Crippen LogP contribution in [0.5, 0.6) is 0 Å². The van der Waals surface area contributed by atoms with Gasteiger partial charge in [0.2, 0.25) is 0 Å². The first kappa shape index (κ1) is 117. The maximum Gasteiger partial charge on any atom is 0.0752 e. The van der Waals surface area contributed by atoms with Gasteiger partial charge in [-0.3, -0.25) is 0 Å². The van der Waals surface area contributed by atoms with Crippen molar-refractivity contribution < 1.29 is 91.7 Å². The first-order valence-electron chi connectivity index (χ1n) is 50.8. The van der Waals surface area contributed by atoms with E-state index >= 15 is 0 Å². The average molecular weight is 1700 g/mol. The van der Waals surface area contributed by atoms with E-state index in [0.29, 0.717) is 0 Å². The van der Waals surface area contributed by atoms with Gasteiger partial charge in [0.25, 0.3) is 0 Å². The monoisotopic (exact) mass is 1700 g/mol. The lowest BCUT2D eigenvalue weighted by Crippen LogP contribution is -2.52. The van der Waals surface area contributed by atoms with Crippen LogP contribution in [0.1, 0.15) is 193 Å². The molecule has 0 aliphatic heterocycles. The molecule has 0 spiro atoms. The Morgan fingerprint density at radius 1 is 0.0678 bits per heavy atom. The highest BCUT2D eigenvalue weighted by molar-refractivity contribution is 4.75. The Kier molecular flexibility index (Phi) is 91.1. The smallest absolute Gasteiger partial charge is 0.0752 e. The molecule has 0 aliphatic rings. The SMILES string of the molecule is [NH3+]CCCN(CCC[NH3+])CCCN(CCCN(CCC[NH3+])CCC[NH3+])CCCN(CCCCN(CCCN(CCCN(CCC[NH3+])CCC[NH3+])CCCN(CCC[NH3+])CCC[NH3+])CCCN(CCCN(CCC[NH3+])CCC[NH3+])CCCN(CCC[NH3+])CCC[NH3+])CCCN(CCCN(CCC[NH3+])CCC[NH3+])CCCN(CCC[NH3+])CCC[NH3+]. The molecule has 30 heteroatoms. The Morgan fingerprint density at radius 3 is 0.178 bits per heavy atom. The lowest BCUT2D eigenvalue weighted by molar-refractivity contribution is -0.370. The zero-order valence-electron chi connectivity index (χ0n) is 79.8. The molecule has 0 unspecified atom stereocenters. The van der Waals surface area contributed by atoms with Crippen molar-refractivity contribution in [1.82, 2.24) is 68.6 Å². The fraction of sp³-hybridized carbons (Fsp3) is 1.00. The molecule has 48 N–H and O–H groups in total. The van der Waals surface area contributed by atoms with E-state index in [9.17, 15) is 0 Å². The van der Waals surface area contributed by atoms with Gasteiger partial charge in [0.1, 0.15) is 0 Å². The van der Waals surface area contributed by atoms with E-state index in [-0.39, 0.29) is 0 Å². The molecule has 0 atom stereocenters. The van der Waals surface area contributed by atoms with Crippen LogP contribution in [0.2, 0.25) is 0 Å². The highest BCUT2D eigenvalue weighted by Gasteiger charge is 2.20. The Bertz CT molecular complexity index is 1500. The minimum Gasteiger partial charge on any atom is -0.358 e. The number of quaternary nitrogens is 16. The van der Waals surface area contributed by atoms with Crippen molar-refractivity contribution in [3.63, 3.8) is 0 Å². The molecular formula is C88H224N30+16. The van der Waals surface area contributed by atoms with Gasteiger partial charge < -0.3 is 160 Å². The summed E-state index contributed by atoms with van der Waals surface area (Å²) in [6, 6.07) is 0. The summed E-state index contributed by atoms with van der Waals surface area (Å²) in [5.74, 6) is 0.